The van der Waals surface area contributed by atoms with Crippen molar-refractivity contribution in [1.82, 2.24) is 0 Å². The lowest BCUT2D eigenvalue weighted by atomic mass is 10.1. The lowest BCUT2D eigenvalue weighted by Gasteiger charge is -2.14. The summed E-state index contributed by atoms with van der Waals surface area (Å²) in [5.74, 6) is 0.689. The van der Waals surface area contributed by atoms with Crippen molar-refractivity contribution in [3.05, 3.63) is 72.8 Å². The Hall–Kier alpha value is -2.07. The van der Waals surface area contributed by atoms with E-state index in [1.807, 2.05) is 0 Å². The van der Waals surface area contributed by atoms with E-state index in [2.05, 4.69) is 6.58 Å². The van der Waals surface area contributed by atoms with Crippen LogP contribution in [0.25, 0.3) is 0 Å². The number of hydrogen-bond acceptors (Lipinski definition) is 3. The quantitative estimate of drug-likeness (QED) is 0.792. The van der Waals surface area contributed by atoms with Gasteiger partial charge in [-0.05, 0) is 29.8 Å². The number of hydrogen-bond donors (Lipinski definition) is 0. The third-order valence-electron chi connectivity index (χ3n) is 3.06. The largest absolute Gasteiger partial charge is 0.497 e. The Morgan fingerprint density at radius 2 is 1.65 bits per heavy atom. The van der Waals surface area contributed by atoms with Gasteiger partial charge in [-0.15, -0.1) is 6.58 Å². The molecule has 2 rings (SSSR count). The second-order valence-corrected chi connectivity index (χ2v) is 6.36. The van der Waals surface area contributed by atoms with Gasteiger partial charge in [0.1, 0.15) is 11.0 Å². The zero-order valence-electron chi connectivity index (χ0n) is 11.2. The molecule has 0 aliphatic rings. The number of benzene rings is 2. The Labute approximate surface area is 119 Å². The molecule has 0 radical (unpaired) electrons. The SMILES string of the molecule is C=C[C@@H](c1ccc(OC)cc1)S(=O)(=O)c1ccccc1. The van der Waals surface area contributed by atoms with Crippen LogP contribution in [-0.4, -0.2) is 15.5 Å². The summed E-state index contributed by atoms with van der Waals surface area (Å²) >= 11 is 0. The van der Waals surface area contributed by atoms with Gasteiger partial charge < -0.3 is 4.74 Å². The summed E-state index contributed by atoms with van der Waals surface area (Å²) in [5.41, 5.74) is 0.671. The van der Waals surface area contributed by atoms with Gasteiger partial charge in [0.2, 0.25) is 0 Å². The molecule has 0 aliphatic heterocycles. The molecular weight excluding hydrogens is 272 g/mol. The van der Waals surface area contributed by atoms with E-state index in [0.717, 1.165) is 0 Å². The Balaban J connectivity index is 2.43. The average Bonchev–Trinajstić information content (AvgIpc) is 2.49. The predicted octanol–water partition coefficient (Wildman–Crippen LogP) is 3.40. The number of methoxy groups -OCH3 is 1. The molecule has 0 amide bonds. The van der Waals surface area contributed by atoms with E-state index in [1.54, 1.807) is 61.7 Å². The molecule has 2 aromatic carbocycles. The minimum Gasteiger partial charge on any atom is -0.497 e. The van der Waals surface area contributed by atoms with Crippen LogP contribution in [-0.2, 0) is 9.84 Å². The van der Waals surface area contributed by atoms with Gasteiger partial charge in [0.15, 0.2) is 9.84 Å². The predicted molar refractivity (Wildman–Crippen MR) is 79.6 cm³/mol. The highest BCUT2D eigenvalue weighted by Crippen LogP contribution is 2.30. The van der Waals surface area contributed by atoms with Crippen LogP contribution in [0.2, 0.25) is 0 Å². The number of rotatable bonds is 5. The van der Waals surface area contributed by atoms with Gasteiger partial charge in [-0.3, -0.25) is 0 Å². The van der Waals surface area contributed by atoms with Crippen LogP contribution in [0.15, 0.2) is 72.1 Å². The van der Waals surface area contributed by atoms with Gasteiger partial charge in [-0.2, -0.15) is 0 Å². The molecule has 0 aromatic heterocycles. The zero-order chi connectivity index (χ0) is 14.6. The van der Waals surface area contributed by atoms with Crippen LogP contribution in [0.3, 0.4) is 0 Å². The molecule has 0 spiro atoms. The third-order valence-corrected chi connectivity index (χ3v) is 5.13. The summed E-state index contributed by atoms with van der Waals surface area (Å²) in [6, 6.07) is 15.4. The second kappa shape index (κ2) is 5.92. The van der Waals surface area contributed by atoms with E-state index < -0.39 is 15.1 Å². The van der Waals surface area contributed by atoms with E-state index in [4.69, 9.17) is 4.74 Å². The second-order valence-electron chi connectivity index (χ2n) is 4.29. The molecule has 0 heterocycles. The van der Waals surface area contributed by atoms with Crippen molar-refractivity contribution in [1.29, 1.82) is 0 Å². The fraction of sp³-hybridized carbons (Fsp3) is 0.125. The molecule has 2 aromatic rings. The van der Waals surface area contributed by atoms with Crippen LogP contribution in [0.4, 0.5) is 0 Å². The fourth-order valence-corrected chi connectivity index (χ4v) is 3.59. The highest BCUT2D eigenvalue weighted by molar-refractivity contribution is 7.91. The van der Waals surface area contributed by atoms with E-state index >= 15 is 0 Å². The van der Waals surface area contributed by atoms with Crippen LogP contribution in [0.1, 0.15) is 10.8 Å². The maximum absolute atomic E-state index is 12.6. The van der Waals surface area contributed by atoms with Crippen molar-refractivity contribution in [2.24, 2.45) is 0 Å². The molecule has 0 saturated carbocycles. The molecule has 20 heavy (non-hydrogen) atoms. The minimum atomic E-state index is -3.48. The van der Waals surface area contributed by atoms with Crippen LogP contribution < -0.4 is 4.74 Å². The molecular formula is C16H16O3S. The highest BCUT2D eigenvalue weighted by atomic mass is 32.2. The minimum absolute atomic E-state index is 0.292. The van der Waals surface area contributed by atoms with Gasteiger partial charge in [0.05, 0.1) is 12.0 Å². The maximum atomic E-state index is 12.6. The topological polar surface area (TPSA) is 43.4 Å². The van der Waals surface area contributed by atoms with E-state index in [9.17, 15) is 8.42 Å². The summed E-state index contributed by atoms with van der Waals surface area (Å²) < 4.78 is 30.3. The van der Waals surface area contributed by atoms with Crippen LogP contribution in [0, 0.1) is 0 Å². The highest BCUT2D eigenvalue weighted by Gasteiger charge is 2.26. The van der Waals surface area contributed by atoms with Crippen molar-refractivity contribution in [3.8, 4) is 5.75 Å². The monoisotopic (exact) mass is 288 g/mol. The van der Waals surface area contributed by atoms with Crippen molar-refractivity contribution in [3.63, 3.8) is 0 Å². The lowest BCUT2D eigenvalue weighted by molar-refractivity contribution is 0.414. The molecule has 4 heteroatoms. The summed E-state index contributed by atoms with van der Waals surface area (Å²) in [6.45, 7) is 3.66. The van der Waals surface area contributed by atoms with Gasteiger partial charge in [0, 0.05) is 0 Å². The Kier molecular flexibility index (Phi) is 4.25. The summed E-state index contributed by atoms with van der Waals surface area (Å²) in [6.07, 6.45) is 1.45. The summed E-state index contributed by atoms with van der Waals surface area (Å²) in [5, 5.41) is -0.768. The number of sulfone groups is 1. The Morgan fingerprint density at radius 3 is 2.15 bits per heavy atom. The van der Waals surface area contributed by atoms with E-state index in [0.29, 0.717) is 16.2 Å². The lowest BCUT2D eigenvalue weighted by Crippen LogP contribution is -2.11. The van der Waals surface area contributed by atoms with Gasteiger partial charge >= 0.3 is 0 Å². The first-order valence-electron chi connectivity index (χ1n) is 6.15. The molecule has 0 bridgehead atoms. The molecule has 1 atom stereocenters. The zero-order valence-corrected chi connectivity index (χ0v) is 12.0. The summed E-state index contributed by atoms with van der Waals surface area (Å²) in [4.78, 5) is 0.292. The number of ether oxygens (including phenoxy) is 1. The van der Waals surface area contributed by atoms with Gasteiger partial charge in [-0.25, -0.2) is 8.42 Å². The van der Waals surface area contributed by atoms with E-state index in [1.165, 1.54) is 6.08 Å². The first kappa shape index (κ1) is 14.3. The average molecular weight is 288 g/mol. The first-order chi connectivity index (χ1) is 9.59. The molecule has 0 N–H and O–H groups in total. The van der Waals surface area contributed by atoms with Crippen molar-refractivity contribution >= 4 is 9.84 Å². The maximum Gasteiger partial charge on any atom is 0.188 e. The van der Waals surface area contributed by atoms with Crippen LogP contribution >= 0.6 is 0 Å². The first-order valence-corrected chi connectivity index (χ1v) is 7.69. The standard InChI is InChI=1S/C16H16O3S/c1-3-16(13-9-11-14(19-2)12-10-13)20(17,18)15-7-5-4-6-8-15/h3-12,16H,1H2,2H3/t16-/m0/s1. The molecule has 0 unspecified atom stereocenters. The Morgan fingerprint density at radius 1 is 1.05 bits per heavy atom. The Bertz CT molecular complexity index is 673. The summed E-state index contributed by atoms with van der Waals surface area (Å²) in [7, 11) is -1.91. The van der Waals surface area contributed by atoms with Gasteiger partial charge in [-0.1, -0.05) is 36.4 Å². The normalized spacial score (nSPS) is 12.7. The van der Waals surface area contributed by atoms with Crippen molar-refractivity contribution in [2.45, 2.75) is 10.1 Å². The molecule has 104 valence electrons. The molecule has 0 aliphatic carbocycles. The van der Waals surface area contributed by atoms with Crippen molar-refractivity contribution < 1.29 is 13.2 Å². The van der Waals surface area contributed by atoms with E-state index in [-0.39, 0.29) is 0 Å². The third kappa shape index (κ3) is 2.75. The smallest absolute Gasteiger partial charge is 0.188 e. The molecule has 0 fully saturated rings. The molecule has 3 nitrogen and oxygen atoms in total. The molecule has 0 saturated heterocycles. The fourth-order valence-electron chi connectivity index (χ4n) is 1.99. The van der Waals surface area contributed by atoms with Crippen molar-refractivity contribution in [2.75, 3.05) is 7.11 Å². The van der Waals surface area contributed by atoms with Gasteiger partial charge in [0.25, 0.3) is 0 Å². The van der Waals surface area contributed by atoms with Crippen LogP contribution in [0.5, 0.6) is 5.75 Å².